The van der Waals surface area contributed by atoms with Crippen LogP contribution in [-0.2, 0) is 4.79 Å². The van der Waals surface area contributed by atoms with Gasteiger partial charge in [0.15, 0.2) is 5.78 Å². The van der Waals surface area contributed by atoms with Crippen LogP contribution in [0.25, 0.3) is 0 Å². The molecule has 0 N–H and O–H groups in total. The van der Waals surface area contributed by atoms with Crippen LogP contribution in [0.5, 0.6) is 0 Å². The number of allylic oxidation sites excluding steroid dienone is 6. The Morgan fingerprint density at radius 1 is 1.57 bits per heavy atom. The lowest BCUT2D eigenvalue weighted by molar-refractivity contribution is -0.110. The number of hydrogen-bond acceptors (Lipinski definition) is 1. The van der Waals surface area contributed by atoms with E-state index in [1.165, 1.54) is 5.57 Å². The van der Waals surface area contributed by atoms with Gasteiger partial charge in [-0.1, -0.05) is 40.6 Å². The van der Waals surface area contributed by atoms with Gasteiger partial charge in [0.05, 0.1) is 0 Å². The van der Waals surface area contributed by atoms with E-state index >= 15 is 0 Å². The summed E-state index contributed by atoms with van der Waals surface area (Å²) in [7, 11) is 0. The van der Waals surface area contributed by atoms with Gasteiger partial charge in [0.25, 0.3) is 0 Å². The lowest BCUT2D eigenvalue weighted by Gasteiger charge is -2.26. The summed E-state index contributed by atoms with van der Waals surface area (Å²) in [5.74, 6) is 0.0616. The first kappa shape index (κ1) is 11.4. The molecule has 14 heavy (non-hydrogen) atoms. The SMILES string of the molecule is CC(C)=CCC1(C)C=CC(=O)C=C1Br. The molecule has 0 bridgehead atoms. The predicted octanol–water partition coefficient (Wildman–Crippen LogP) is 3.77. The molecule has 1 unspecified atom stereocenters. The molecule has 1 aliphatic carbocycles. The van der Waals surface area contributed by atoms with Gasteiger partial charge in [-0.15, -0.1) is 0 Å². The third-order valence-electron chi connectivity index (χ3n) is 2.36. The molecule has 0 aromatic carbocycles. The standard InChI is InChI=1S/C12H15BrO/c1-9(2)4-6-12(3)7-5-10(14)8-11(12)13/h4-5,7-8H,6H2,1-3H3. The van der Waals surface area contributed by atoms with Gasteiger partial charge in [-0.25, -0.2) is 0 Å². The van der Waals surface area contributed by atoms with Gasteiger partial charge in [-0.3, -0.25) is 4.79 Å². The van der Waals surface area contributed by atoms with Crippen LogP contribution in [0.15, 0.2) is 34.4 Å². The number of rotatable bonds is 2. The molecule has 1 nitrogen and oxygen atoms in total. The summed E-state index contributed by atoms with van der Waals surface area (Å²) < 4.78 is 0.968. The van der Waals surface area contributed by atoms with E-state index < -0.39 is 0 Å². The van der Waals surface area contributed by atoms with E-state index in [9.17, 15) is 4.79 Å². The highest BCUT2D eigenvalue weighted by Crippen LogP contribution is 2.39. The molecule has 1 atom stereocenters. The molecular formula is C12H15BrO. The average molecular weight is 255 g/mol. The summed E-state index contributed by atoms with van der Waals surface area (Å²) in [5, 5.41) is 0. The molecule has 76 valence electrons. The third kappa shape index (κ3) is 2.68. The number of ketones is 1. The summed E-state index contributed by atoms with van der Waals surface area (Å²) in [6.45, 7) is 6.29. The zero-order valence-corrected chi connectivity index (χ0v) is 10.4. The quantitative estimate of drug-likeness (QED) is 0.686. The zero-order chi connectivity index (χ0) is 10.8. The molecule has 0 amide bonds. The van der Waals surface area contributed by atoms with E-state index in [4.69, 9.17) is 0 Å². The Morgan fingerprint density at radius 3 is 2.71 bits per heavy atom. The van der Waals surface area contributed by atoms with Crippen molar-refractivity contribution in [2.45, 2.75) is 27.2 Å². The van der Waals surface area contributed by atoms with Crippen LogP contribution in [0.4, 0.5) is 0 Å². The van der Waals surface area contributed by atoms with Crippen molar-refractivity contribution in [3.8, 4) is 0 Å². The number of carbonyl (C=O) groups is 1. The van der Waals surface area contributed by atoms with Gasteiger partial charge >= 0.3 is 0 Å². The topological polar surface area (TPSA) is 17.1 Å². The Balaban J connectivity index is 2.85. The van der Waals surface area contributed by atoms with Gasteiger partial charge in [0.1, 0.15) is 0 Å². The van der Waals surface area contributed by atoms with Crippen molar-refractivity contribution in [3.05, 3.63) is 34.4 Å². The Bertz CT molecular complexity index is 332. The molecule has 1 rings (SSSR count). The third-order valence-corrected chi connectivity index (χ3v) is 3.50. The molecular weight excluding hydrogens is 240 g/mol. The van der Waals surface area contributed by atoms with E-state index in [1.54, 1.807) is 12.2 Å². The summed E-state index contributed by atoms with van der Waals surface area (Å²) in [6.07, 6.45) is 8.38. The van der Waals surface area contributed by atoms with Crippen LogP contribution >= 0.6 is 15.9 Å². The first-order chi connectivity index (χ1) is 6.44. The molecule has 2 heteroatoms. The fourth-order valence-electron chi connectivity index (χ4n) is 1.27. The Hall–Kier alpha value is -0.630. The summed E-state index contributed by atoms with van der Waals surface area (Å²) in [6, 6.07) is 0. The summed E-state index contributed by atoms with van der Waals surface area (Å²) in [4.78, 5) is 11.1. The second kappa shape index (κ2) is 4.26. The Morgan fingerprint density at radius 2 is 2.21 bits per heavy atom. The highest BCUT2D eigenvalue weighted by Gasteiger charge is 2.26. The zero-order valence-electron chi connectivity index (χ0n) is 8.80. The van der Waals surface area contributed by atoms with E-state index in [0.29, 0.717) is 0 Å². The second-order valence-corrected chi connectivity index (χ2v) is 4.99. The Labute approximate surface area is 93.7 Å². The van der Waals surface area contributed by atoms with Gasteiger partial charge in [-0.2, -0.15) is 0 Å². The van der Waals surface area contributed by atoms with E-state index in [0.717, 1.165) is 10.9 Å². The largest absolute Gasteiger partial charge is 0.290 e. The minimum absolute atomic E-state index is 0.0504. The van der Waals surface area contributed by atoms with E-state index in [2.05, 4.69) is 42.8 Å². The highest BCUT2D eigenvalue weighted by atomic mass is 79.9. The molecule has 0 heterocycles. The molecule has 0 radical (unpaired) electrons. The fourth-order valence-corrected chi connectivity index (χ4v) is 1.78. The minimum atomic E-state index is -0.0504. The maximum atomic E-state index is 11.1. The lowest BCUT2D eigenvalue weighted by atomic mass is 9.82. The number of carbonyl (C=O) groups excluding carboxylic acids is 1. The van der Waals surface area contributed by atoms with Crippen molar-refractivity contribution in [1.29, 1.82) is 0 Å². The van der Waals surface area contributed by atoms with Crippen LogP contribution in [-0.4, -0.2) is 5.78 Å². The maximum Gasteiger partial charge on any atom is 0.179 e. The van der Waals surface area contributed by atoms with E-state index in [1.807, 2.05) is 6.08 Å². The highest BCUT2D eigenvalue weighted by molar-refractivity contribution is 9.11. The number of halogens is 1. The maximum absolute atomic E-state index is 11.1. The summed E-state index contributed by atoms with van der Waals surface area (Å²) in [5.41, 5.74) is 1.25. The van der Waals surface area contributed by atoms with Crippen LogP contribution < -0.4 is 0 Å². The van der Waals surface area contributed by atoms with Gasteiger partial charge in [0.2, 0.25) is 0 Å². The molecule has 0 aliphatic heterocycles. The molecule has 0 saturated carbocycles. The smallest absolute Gasteiger partial charge is 0.179 e. The molecule has 0 aromatic heterocycles. The lowest BCUT2D eigenvalue weighted by Crippen LogP contribution is -2.17. The number of hydrogen-bond donors (Lipinski definition) is 0. The molecule has 0 saturated heterocycles. The summed E-state index contributed by atoms with van der Waals surface area (Å²) >= 11 is 3.46. The fraction of sp³-hybridized carbons (Fsp3) is 0.417. The normalized spacial score (nSPS) is 26.0. The van der Waals surface area contributed by atoms with Crippen LogP contribution in [0.3, 0.4) is 0 Å². The van der Waals surface area contributed by atoms with Gasteiger partial charge < -0.3 is 0 Å². The molecule has 0 fully saturated rings. The Kier molecular flexibility index (Phi) is 3.48. The van der Waals surface area contributed by atoms with Gasteiger partial charge in [0, 0.05) is 9.90 Å². The van der Waals surface area contributed by atoms with Crippen molar-refractivity contribution in [3.63, 3.8) is 0 Å². The first-order valence-electron chi connectivity index (χ1n) is 4.68. The molecule has 0 spiro atoms. The van der Waals surface area contributed by atoms with E-state index in [-0.39, 0.29) is 11.2 Å². The van der Waals surface area contributed by atoms with Crippen molar-refractivity contribution in [2.75, 3.05) is 0 Å². The van der Waals surface area contributed by atoms with Crippen LogP contribution in [0, 0.1) is 5.41 Å². The second-order valence-electron chi connectivity index (χ2n) is 4.13. The van der Waals surface area contributed by atoms with Crippen LogP contribution in [0.2, 0.25) is 0 Å². The van der Waals surface area contributed by atoms with Crippen molar-refractivity contribution in [1.82, 2.24) is 0 Å². The minimum Gasteiger partial charge on any atom is -0.290 e. The first-order valence-corrected chi connectivity index (χ1v) is 5.47. The van der Waals surface area contributed by atoms with Crippen molar-refractivity contribution in [2.24, 2.45) is 5.41 Å². The van der Waals surface area contributed by atoms with Crippen LogP contribution in [0.1, 0.15) is 27.2 Å². The monoisotopic (exact) mass is 254 g/mol. The van der Waals surface area contributed by atoms with Crippen molar-refractivity contribution < 1.29 is 4.79 Å². The predicted molar refractivity (Wildman–Crippen MR) is 63.3 cm³/mol. The molecule has 0 aromatic rings. The van der Waals surface area contributed by atoms with Crippen molar-refractivity contribution >= 4 is 21.7 Å². The van der Waals surface area contributed by atoms with Gasteiger partial charge in [-0.05, 0) is 32.4 Å². The molecule has 1 aliphatic rings. The average Bonchev–Trinajstić information content (AvgIpc) is 2.09.